The van der Waals surface area contributed by atoms with E-state index in [1.54, 1.807) is 0 Å². The Kier molecular flexibility index (Phi) is 3.28. The van der Waals surface area contributed by atoms with Crippen molar-refractivity contribution < 1.29 is 0 Å². The minimum atomic E-state index is 0.255. The van der Waals surface area contributed by atoms with Gasteiger partial charge in [-0.2, -0.15) is 0 Å². The van der Waals surface area contributed by atoms with Gasteiger partial charge in [0, 0.05) is 4.88 Å². The van der Waals surface area contributed by atoms with E-state index in [-0.39, 0.29) is 5.38 Å². The van der Waals surface area contributed by atoms with E-state index in [9.17, 15) is 0 Å². The molecule has 0 radical (unpaired) electrons. The van der Waals surface area contributed by atoms with Crippen LogP contribution in [-0.4, -0.2) is 0 Å². The SMILES string of the molecule is Cc1cc(C(Cl)C2C3CC4CC(C3)CC2C4)sc1Br. The van der Waals surface area contributed by atoms with Crippen molar-refractivity contribution in [2.75, 3.05) is 0 Å². The monoisotopic (exact) mass is 358 g/mol. The molecule has 4 bridgehead atoms. The van der Waals surface area contributed by atoms with Crippen LogP contribution in [0.15, 0.2) is 9.85 Å². The summed E-state index contributed by atoms with van der Waals surface area (Å²) >= 11 is 12.4. The van der Waals surface area contributed by atoms with Crippen molar-refractivity contribution >= 4 is 38.9 Å². The Morgan fingerprint density at radius 1 is 1.16 bits per heavy atom. The maximum Gasteiger partial charge on any atom is 0.0731 e. The molecule has 0 amide bonds. The van der Waals surface area contributed by atoms with E-state index in [4.69, 9.17) is 11.6 Å². The molecule has 1 heterocycles. The topological polar surface area (TPSA) is 0 Å². The van der Waals surface area contributed by atoms with Crippen molar-refractivity contribution in [1.29, 1.82) is 0 Å². The number of rotatable bonds is 2. The van der Waals surface area contributed by atoms with Gasteiger partial charge in [-0.1, -0.05) is 0 Å². The first kappa shape index (κ1) is 13.2. The van der Waals surface area contributed by atoms with Crippen LogP contribution in [-0.2, 0) is 0 Å². The second kappa shape index (κ2) is 4.74. The highest BCUT2D eigenvalue weighted by Gasteiger charge is 2.50. The second-order valence-electron chi connectivity index (χ2n) is 7.02. The quantitative estimate of drug-likeness (QED) is 0.554. The minimum Gasteiger partial charge on any atom is -0.131 e. The Balaban J connectivity index is 1.61. The van der Waals surface area contributed by atoms with Crippen molar-refractivity contribution in [3.63, 3.8) is 0 Å². The minimum absolute atomic E-state index is 0.255. The molecular formula is C16H20BrClS. The summed E-state index contributed by atoms with van der Waals surface area (Å²) in [6.07, 6.45) is 7.38. The standard InChI is InChI=1S/C16H20BrClS/c1-8-2-13(19-16(8)17)15(18)14-11-4-9-3-10(6-11)7-12(14)5-9/h2,9-12,14-15H,3-7H2,1H3. The van der Waals surface area contributed by atoms with Gasteiger partial charge in [-0.05, 0) is 96.2 Å². The zero-order valence-corrected chi connectivity index (χ0v) is 14.4. The van der Waals surface area contributed by atoms with Crippen LogP contribution in [0.2, 0.25) is 0 Å². The highest BCUT2D eigenvalue weighted by Crippen LogP contribution is 2.61. The highest BCUT2D eigenvalue weighted by atomic mass is 79.9. The van der Waals surface area contributed by atoms with Crippen LogP contribution in [0.25, 0.3) is 0 Å². The molecule has 1 aromatic rings. The summed E-state index contributed by atoms with van der Waals surface area (Å²) in [5.41, 5.74) is 1.34. The lowest BCUT2D eigenvalue weighted by Gasteiger charge is -2.55. The number of hydrogen-bond acceptors (Lipinski definition) is 1. The van der Waals surface area contributed by atoms with E-state index in [0.717, 1.165) is 29.6 Å². The summed E-state index contributed by atoms with van der Waals surface area (Å²) < 4.78 is 1.26. The molecule has 5 rings (SSSR count). The fourth-order valence-corrected chi connectivity index (χ4v) is 7.47. The normalized spacial score (nSPS) is 41.7. The number of hydrogen-bond donors (Lipinski definition) is 0. The third kappa shape index (κ3) is 2.13. The summed E-state index contributed by atoms with van der Waals surface area (Å²) in [6.45, 7) is 2.17. The van der Waals surface area contributed by atoms with Gasteiger partial charge >= 0.3 is 0 Å². The van der Waals surface area contributed by atoms with Crippen LogP contribution in [0.1, 0.15) is 47.9 Å². The Morgan fingerprint density at radius 2 is 1.74 bits per heavy atom. The first-order chi connectivity index (χ1) is 9.11. The maximum atomic E-state index is 6.92. The fraction of sp³-hybridized carbons (Fsp3) is 0.750. The summed E-state index contributed by atoms with van der Waals surface area (Å²) in [6, 6.07) is 2.30. The smallest absolute Gasteiger partial charge is 0.0731 e. The van der Waals surface area contributed by atoms with Crippen molar-refractivity contribution in [3.8, 4) is 0 Å². The highest BCUT2D eigenvalue weighted by molar-refractivity contribution is 9.11. The molecule has 0 aliphatic heterocycles. The predicted molar refractivity (Wildman–Crippen MR) is 85.9 cm³/mol. The van der Waals surface area contributed by atoms with Gasteiger partial charge < -0.3 is 0 Å². The van der Waals surface area contributed by atoms with Crippen LogP contribution < -0.4 is 0 Å². The largest absolute Gasteiger partial charge is 0.131 e. The van der Waals surface area contributed by atoms with E-state index < -0.39 is 0 Å². The zero-order chi connectivity index (χ0) is 13.1. The van der Waals surface area contributed by atoms with Crippen molar-refractivity contribution in [3.05, 3.63) is 20.3 Å². The molecular weight excluding hydrogens is 340 g/mol. The Morgan fingerprint density at radius 3 is 2.21 bits per heavy atom. The summed E-state index contributed by atoms with van der Waals surface area (Å²) in [5, 5.41) is 0.255. The lowest BCUT2D eigenvalue weighted by molar-refractivity contribution is -0.0378. The molecule has 4 saturated carbocycles. The molecule has 4 aliphatic carbocycles. The van der Waals surface area contributed by atoms with Gasteiger partial charge in [0.1, 0.15) is 0 Å². The Labute approximate surface area is 133 Å². The van der Waals surface area contributed by atoms with Gasteiger partial charge in [-0.3, -0.25) is 0 Å². The molecule has 4 aliphatic rings. The molecule has 104 valence electrons. The fourth-order valence-electron chi connectivity index (χ4n) is 5.25. The van der Waals surface area contributed by atoms with Crippen molar-refractivity contribution in [1.82, 2.24) is 0 Å². The number of halogens is 2. The summed E-state index contributed by atoms with van der Waals surface area (Å²) in [4.78, 5) is 1.39. The van der Waals surface area contributed by atoms with Gasteiger partial charge in [0.15, 0.2) is 0 Å². The Bertz CT molecular complexity index is 447. The number of thiophene rings is 1. The molecule has 0 N–H and O–H groups in total. The average molecular weight is 360 g/mol. The maximum absolute atomic E-state index is 6.92. The molecule has 1 unspecified atom stereocenters. The summed E-state index contributed by atoms with van der Waals surface area (Å²) in [5.74, 6) is 4.66. The van der Waals surface area contributed by atoms with Gasteiger partial charge in [0.25, 0.3) is 0 Å². The first-order valence-electron chi connectivity index (χ1n) is 7.51. The van der Waals surface area contributed by atoms with Gasteiger partial charge in [-0.25, -0.2) is 0 Å². The van der Waals surface area contributed by atoms with E-state index >= 15 is 0 Å². The number of alkyl halides is 1. The molecule has 4 fully saturated rings. The van der Waals surface area contributed by atoms with E-state index in [1.807, 2.05) is 11.3 Å². The molecule has 3 heteroatoms. The van der Waals surface area contributed by atoms with Crippen LogP contribution >= 0.6 is 38.9 Å². The average Bonchev–Trinajstić information content (AvgIpc) is 2.68. The van der Waals surface area contributed by atoms with Crippen molar-refractivity contribution in [2.45, 2.75) is 44.4 Å². The molecule has 0 aromatic carbocycles. The van der Waals surface area contributed by atoms with Gasteiger partial charge in [0.05, 0.1) is 9.16 Å². The molecule has 1 aromatic heterocycles. The van der Waals surface area contributed by atoms with E-state index in [2.05, 4.69) is 28.9 Å². The second-order valence-corrected chi connectivity index (χ2v) is 9.89. The van der Waals surface area contributed by atoms with Crippen LogP contribution in [0.3, 0.4) is 0 Å². The van der Waals surface area contributed by atoms with E-state index in [1.165, 1.54) is 46.3 Å². The van der Waals surface area contributed by atoms with Gasteiger partial charge in [-0.15, -0.1) is 22.9 Å². The molecule has 19 heavy (non-hydrogen) atoms. The third-order valence-corrected chi connectivity index (χ3v) is 8.66. The van der Waals surface area contributed by atoms with Gasteiger partial charge in [0.2, 0.25) is 0 Å². The lowest BCUT2D eigenvalue weighted by atomic mass is 9.51. The van der Waals surface area contributed by atoms with Crippen LogP contribution in [0.4, 0.5) is 0 Å². The molecule has 0 spiro atoms. The van der Waals surface area contributed by atoms with Crippen LogP contribution in [0, 0.1) is 36.5 Å². The number of aryl methyl sites for hydroxylation is 1. The zero-order valence-electron chi connectivity index (χ0n) is 11.2. The predicted octanol–water partition coefficient (Wildman–Crippen LogP) is 6.17. The molecule has 0 saturated heterocycles. The Hall–Kier alpha value is 0.470. The van der Waals surface area contributed by atoms with Crippen LogP contribution in [0.5, 0.6) is 0 Å². The molecule has 0 nitrogen and oxygen atoms in total. The van der Waals surface area contributed by atoms with E-state index in [0.29, 0.717) is 0 Å². The molecule has 1 atom stereocenters. The lowest BCUT2D eigenvalue weighted by Crippen LogP contribution is -2.46. The third-order valence-electron chi connectivity index (χ3n) is 5.79. The van der Waals surface area contributed by atoms with Crippen molar-refractivity contribution in [2.24, 2.45) is 29.6 Å². The first-order valence-corrected chi connectivity index (χ1v) is 9.56. The summed E-state index contributed by atoms with van der Waals surface area (Å²) in [7, 11) is 0.